The highest BCUT2D eigenvalue weighted by Gasteiger charge is 2.16. The van der Waals surface area contributed by atoms with E-state index in [4.69, 9.17) is 17.0 Å². The minimum atomic E-state index is -0.319. The van der Waals surface area contributed by atoms with Crippen molar-refractivity contribution >= 4 is 40.0 Å². The zero-order chi connectivity index (χ0) is 27.9. The van der Waals surface area contributed by atoms with Crippen LogP contribution in [0.25, 0.3) is 16.7 Å². The number of thiocarbonyl (C=S) groups is 1. The molecule has 1 amide bonds. The summed E-state index contributed by atoms with van der Waals surface area (Å²) >= 11 is 5.40. The molecule has 8 heteroatoms. The molecule has 0 saturated heterocycles. The first-order chi connectivity index (χ1) is 19.5. The van der Waals surface area contributed by atoms with E-state index in [1.165, 1.54) is 56.1 Å². The molecule has 0 bridgehead atoms. The van der Waals surface area contributed by atoms with E-state index in [0.29, 0.717) is 11.7 Å². The number of rotatable bonds is 9. The number of hydrogen-bond acceptors (Lipinski definition) is 5. The van der Waals surface area contributed by atoms with E-state index in [1.807, 2.05) is 43.3 Å². The summed E-state index contributed by atoms with van der Waals surface area (Å²) in [4.78, 5) is 14.1. The number of unbranched alkanes of at least 4 members (excludes halogenated alkanes) is 1. The average Bonchev–Trinajstić information content (AvgIpc) is 3.38. The van der Waals surface area contributed by atoms with E-state index in [-0.39, 0.29) is 17.6 Å². The van der Waals surface area contributed by atoms with Crippen molar-refractivity contribution in [3.8, 4) is 11.4 Å². The molecule has 1 fully saturated rings. The van der Waals surface area contributed by atoms with Crippen molar-refractivity contribution in [3.05, 3.63) is 77.4 Å². The van der Waals surface area contributed by atoms with Gasteiger partial charge in [-0.2, -0.15) is 4.80 Å². The maximum atomic E-state index is 12.5. The van der Waals surface area contributed by atoms with Crippen LogP contribution in [0.5, 0.6) is 5.75 Å². The third-order valence-electron chi connectivity index (χ3n) is 7.54. The highest BCUT2D eigenvalue weighted by atomic mass is 32.1. The number of carbonyl (C=O) groups is 1. The standard InChI is InChI=1S/C32H37N5O2S/c1-3-4-8-23-11-15-26(16-12-23)37-35-29-19-22(2)28(20-30(29)36-37)33-32(40)34-31(38)21-39-27-17-13-25(14-18-27)24-9-6-5-7-10-24/h11-20,24H,3-10,21H2,1-2H3,(H2,33,34,38,40). The lowest BCUT2D eigenvalue weighted by Gasteiger charge is -2.22. The lowest BCUT2D eigenvalue weighted by Crippen LogP contribution is -2.37. The van der Waals surface area contributed by atoms with Gasteiger partial charge >= 0.3 is 0 Å². The van der Waals surface area contributed by atoms with Crippen LogP contribution in [-0.2, 0) is 11.2 Å². The molecule has 0 unspecified atom stereocenters. The fourth-order valence-corrected chi connectivity index (χ4v) is 5.46. The molecule has 40 heavy (non-hydrogen) atoms. The van der Waals surface area contributed by atoms with Gasteiger partial charge in [0, 0.05) is 5.69 Å². The number of aromatic nitrogens is 3. The predicted octanol–water partition coefficient (Wildman–Crippen LogP) is 7.01. The van der Waals surface area contributed by atoms with Gasteiger partial charge in [0.15, 0.2) is 11.7 Å². The molecule has 7 nitrogen and oxygen atoms in total. The number of nitrogens with one attached hydrogen (secondary N) is 2. The van der Waals surface area contributed by atoms with E-state index in [9.17, 15) is 4.79 Å². The molecule has 4 aromatic rings. The Kier molecular flexibility index (Phi) is 9.06. The van der Waals surface area contributed by atoms with Crippen LogP contribution in [0.1, 0.15) is 74.5 Å². The largest absolute Gasteiger partial charge is 0.484 e. The van der Waals surface area contributed by atoms with Crippen molar-refractivity contribution in [2.45, 2.75) is 71.1 Å². The second-order valence-corrected chi connectivity index (χ2v) is 11.0. The lowest BCUT2D eigenvalue weighted by atomic mass is 9.84. The summed E-state index contributed by atoms with van der Waals surface area (Å²) < 4.78 is 5.69. The number of ether oxygens (including phenoxy) is 1. The molecule has 1 saturated carbocycles. The molecule has 1 aliphatic rings. The zero-order valence-corrected chi connectivity index (χ0v) is 24.1. The molecule has 0 radical (unpaired) electrons. The van der Waals surface area contributed by atoms with E-state index < -0.39 is 0 Å². The third kappa shape index (κ3) is 7.04. The van der Waals surface area contributed by atoms with Gasteiger partial charge in [-0.25, -0.2) is 0 Å². The van der Waals surface area contributed by atoms with Crippen molar-refractivity contribution < 1.29 is 9.53 Å². The first kappa shape index (κ1) is 27.8. The maximum absolute atomic E-state index is 12.5. The van der Waals surface area contributed by atoms with E-state index >= 15 is 0 Å². The van der Waals surface area contributed by atoms with Crippen LogP contribution in [-0.4, -0.2) is 32.6 Å². The summed E-state index contributed by atoms with van der Waals surface area (Å²) in [7, 11) is 0. The molecule has 0 spiro atoms. The van der Waals surface area contributed by atoms with Gasteiger partial charge in [-0.1, -0.05) is 56.9 Å². The Balaban J connectivity index is 1.15. The van der Waals surface area contributed by atoms with E-state index in [1.54, 1.807) is 4.80 Å². The number of nitrogens with zero attached hydrogens (tertiary/aromatic N) is 3. The van der Waals surface area contributed by atoms with E-state index in [2.05, 4.69) is 52.0 Å². The number of anilines is 1. The van der Waals surface area contributed by atoms with Crippen LogP contribution in [0.2, 0.25) is 0 Å². The van der Waals surface area contributed by atoms with Gasteiger partial charge in [-0.3, -0.25) is 10.1 Å². The minimum absolute atomic E-state index is 0.117. The molecular formula is C32H37N5O2S. The highest BCUT2D eigenvalue weighted by molar-refractivity contribution is 7.80. The monoisotopic (exact) mass is 555 g/mol. The molecule has 2 N–H and O–H groups in total. The normalized spacial score (nSPS) is 13.8. The van der Waals surface area contributed by atoms with Crippen molar-refractivity contribution in [3.63, 3.8) is 0 Å². The highest BCUT2D eigenvalue weighted by Crippen LogP contribution is 2.33. The third-order valence-corrected chi connectivity index (χ3v) is 7.74. The van der Waals surface area contributed by atoms with Crippen LogP contribution in [0, 0.1) is 6.92 Å². The summed E-state index contributed by atoms with van der Waals surface area (Å²) in [5.74, 6) is 0.998. The van der Waals surface area contributed by atoms with Gasteiger partial charge in [-0.05, 0) is 104 Å². The summed E-state index contributed by atoms with van der Waals surface area (Å²) in [5, 5.41) is 15.3. The Bertz CT molecular complexity index is 1460. The van der Waals surface area contributed by atoms with Crippen LogP contribution in [0.15, 0.2) is 60.7 Å². The van der Waals surface area contributed by atoms with Crippen molar-refractivity contribution in [1.29, 1.82) is 0 Å². The SMILES string of the molecule is CCCCc1ccc(-n2nc3cc(C)c(NC(=S)NC(=O)COc4ccc(C5CCCCC5)cc4)cc3n2)cc1. The van der Waals surface area contributed by atoms with Crippen LogP contribution >= 0.6 is 12.2 Å². The van der Waals surface area contributed by atoms with Gasteiger partial charge in [0.25, 0.3) is 5.91 Å². The van der Waals surface area contributed by atoms with Gasteiger partial charge < -0.3 is 10.1 Å². The lowest BCUT2D eigenvalue weighted by molar-refractivity contribution is -0.121. The second-order valence-electron chi connectivity index (χ2n) is 10.6. The first-order valence-electron chi connectivity index (χ1n) is 14.3. The molecule has 208 valence electrons. The Morgan fingerprint density at radius 3 is 2.40 bits per heavy atom. The molecular weight excluding hydrogens is 518 g/mol. The molecule has 1 heterocycles. The van der Waals surface area contributed by atoms with Gasteiger partial charge in [0.2, 0.25) is 0 Å². The van der Waals surface area contributed by atoms with Crippen molar-refractivity contribution in [2.75, 3.05) is 11.9 Å². The van der Waals surface area contributed by atoms with Gasteiger partial charge in [0.05, 0.1) is 5.69 Å². The summed E-state index contributed by atoms with van der Waals surface area (Å²) in [5.41, 5.74) is 6.82. The number of fused-ring (bicyclic) bond motifs is 1. The number of aryl methyl sites for hydroxylation is 2. The Morgan fingerprint density at radius 1 is 1.00 bits per heavy atom. The Hall–Kier alpha value is -3.78. The molecule has 0 atom stereocenters. The van der Waals surface area contributed by atoms with Crippen LogP contribution < -0.4 is 15.4 Å². The smallest absolute Gasteiger partial charge is 0.264 e. The van der Waals surface area contributed by atoms with Crippen molar-refractivity contribution in [2.24, 2.45) is 0 Å². The fraction of sp³-hybridized carbons (Fsp3) is 0.375. The minimum Gasteiger partial charge on any atom is -0.484 e. The maximum Gasteiger partial charge on any atom is 0.264 e. The zero-order valence-electron chi connectivity index (χ0n) is 23.3. The fourth-order valence-electron chi connectivity index (χ4n) is 5.23. The van der Waals surface area contributed by atoms with Crippen LogP contribution in [0.4, 0.5) is 5.69 Å². The molecule has 3 aromatic carbocycles. The van der Waals surface area contributed by atoms with E-state index in [0.717, 1.165) is 34.4 Å². The second kappa shape index (κ2) is 13.0. The molecule has 1 aromatic heterocycles. The summed E-state index contributed by atoms with van der Waals surface area (Å²) in [6.45, 7) is 4.05. The van der Waals surface area contributed by atoms with Gasteiger partial charge in [-0.15, -0.1) is 10.2 Å². The quantitative estimate of drug-likeness (QED) is 0.216. The summed E-state index contributed by atoms with van der Waals surface area (Å²) in [6, 6.07) is 20.3. The number of amides is 1. The Labute approximate surface area is 241 Å². The predicted molar refractivity (Wildman–Crippen MR) is 164 cm³/mol. The summed E-state index contributed by atoms with van der Waals surface area (Å²) in [6.07, 6.45) is 9.90. The number of benzene rings is 3. The number of hydrogen-bond donors (Lipinski definition) is 2. The van der Waals surface area contributed by atoms with Crippen LogP contribution in [0.3, 0.4) is 0 Å². The molecule has 5 rings (SSSR count). The number of carbonyl (C=O) groups excluding carboxylic acids is 1. The topological polar surface area (TPSA) is 81.1 Å². The van der Waals surface area contributed by atoms with Gasteiger partial charge in [0.1, 0.15) is 16.8 Å². The van der Waals surface area contributed by atoms with Crippen molar-refractivity contribution in [1.82, 2.24) is 20.3 Å². The molecule has 0 aliphatic heterocycles. The Morgan fingerprint density at radius 2 is 1.70 bits per heavy atom. The average molecular weight is 556 g/mol. The first-order valence-corrected chi connectivity index (χ1v) is 14.7. The molecule has 1 aliphatic carbocycles.